The molecule has 2 fully saturated rings. The zero-order chi connectivity index (χ0) is 22.5. The maximum Gasteiger partial charge on any atom is 0.325 e. The average Bonchev–Trinajstić information content (AvgIpc) is 3.51. The Kier molecular flexibility index (Phi) is 4.90. The van der Waals surface area contributed by atoms with Crippen LogP contribution in [-0.4, -0.2) is 55.0 Å². The lowest BCUT2D eigenvalue weighted by Gasteiger charge is -2.22. The normalized spacial score (nSPS) is 23.1. The summed E-state index contributed by atoms with van der Waals surface area (Å²) < 4.78 is 26.8. The minimum Gasteiger partial charge on any atom is -0.319 e. The molecule has 0 unspecified atom stereocenters. The molecule has 9 heteroatoms. The topological polar surface area (TPSA) is 104 Å². The van der Waals surface area contributed by atoms with E-state index in [1.807, 2.05) is 24.3 Å². The summed E-state index contributed by atoms with van der Waals surface area (Å²) in [5, 5.41) is 2.80. The largest absolute Gasteiger partial charge is 0.325 e. The summed E-state index contributed by atoms with van der Waals surface area (Å²) in [7, 11) is -3.57. The van der Waals surface area contributed by atoms with Crippen LogP contribution < -0.4 is 5.32 Å². The van der Waals surface area contributed by atoms with Crippen LogP contribution >= 0.6 is 0 Å². The van der Waals surface area contributed by atoms with Crippen LogP contribution in [0.3, 0.4) is 0 Å². The maximum atomic E-state index is 13.2. The fraction of sp³-hybridized carbons (Fsp3) is 0.348. The van der Waals surface area contributed by atoms with E-state index in [-0.39, 0.29) is 10.5 Å². The summed E-state index contributed by atoms with van der Waals surface area (Å²) in [4.78, 5) is 39.7. The maximum absolute atomic E-state index is 13.2. The average molecular weight is 454 g/mol. The molecule has 32 heavy (non-hydrogen) atoms. The molecule has 0 aromatic heterocycles. The number of carbonyl (C=O) groups is 3. The highest BCUT2D eigenvalue weighted by molar-refractivity contribution is 7.89. The second kappa shape index (κ2) is 7.53. The number of nitrogens with zero attached hydrogens (tertiary/aromatic N) is 2. The molecule has 8 nitrogen and oxygen atoms in total. The second-order valence-electron chi connectivity index (χ2n) is 8.44. The first-order valence-corrected chi connectivity index (χ1v) is 12.1. The molecule has 2 aromatic rings. The van der Waals surface area contributed by atoms with Gasteiger partial charge >= 0.3 is 6.03 Å². The molecule has 1 aliphatic carbocycles. The van der Waals surface area contributed by atoms with E-state index in [9.17, 15) is 22.8 Å². The van der Waals surface area contributed by atoms with Crippen molar-refractivity contribution in [3.05, 3.63) is 65.2 Å². The van der Waals surface area contributed by atoms with Crippen molar-refractivity contribution >= 4 is 27.7 Å². The fourth-order valence-corrected chi connectivity index (χ4v) is 6.38. The Labute approximate surface area is 186 Å². The van der Waals surface area contributed by atoms with Crippen molar-refractivity contribution in [2.45, 2.75) is 36.1 Å². The van der Waals surface area contributed by atoms with Gasteiger partial charge in [0.2, 0.25) is 10.0 Å². The van der Waals surface area contributed by atoms with Crippen LogP contribution in [0.25, 0.3) is 0 Å². The predicted octanol–water partition coefficient (Wildman–Crippen LogP) is 2.05. The zero-order valence-electron chi connectivity index (χ0n) is 17.4. The Morgan fingerprint density at radius 3 is 2.41 bits per heavy atom. The number of Topliss-reactive ketones (excluding diaryl/α,β-unsaturated/α-hetero) is 1. The first-order chi connectivity index (χ1) is 15.3. The monoisotopic (exact) mass is 453 g/mol. The van der Waals surface area contributed by atoms with Crippen LogP contribution in [0.1, 0.15) is 40.7 Å². The Bertz CT molecular complexity index is 1220. The first kappa shape index (κ1) is 20.8. The number of carbonyl (C=O) groups excluding carboxylic acids is 3. The highest BCUT2D eigenvalue weighted by Gasteiger charge is 2.55. The predicted molar refractivity (Wildman–Crippen MR) is 115 cm³/mol. The number of hydrogen-bond acceptors (Lipinski definition) is 5. The van der Waals surface area contributed by atoms with Crippen LogP contribution in [0.15, 0.2) is 53.4 Å². The number of amides is 3. The number of sulfonamides is 1. The minimum atomic E-state index is -3.57. The minimum absolute atomic E-state index is 0.132. The number of benzene rings is 2. The molecule has 3 amide bonds. The fourth-order valence-electron chi connectivity index (χ4n) is 4.86. The van der Waals surface area contributed by atoms with Gasteiger partial charge in [-0.3, -0.25) is 14.5 Å². The third-order valence-corrected chi connectivity index (χ3v) is 8.52. The lowest BCUT2D eigenvalue weighted by Crippen LogP contribution is -2.42. The van der Waals surface area contributed by atoms with Gasteiger partial charge < -0.3 is 5.32 Å². The molecule has 0 radical (unpaired) electrons. The third-order valence-electron chi connectivity index (χ3n) is 6.60. The molecule has 3 aliphatic rings. The summed E-state index contributed by atoms with van der Waals surface area (Å²) in [6, 6.07) is 12.6. The molecule has 5 rings (SSSR count). The van der Waals surface area contributed by atoms with Crippen LogP contribution in [0, 0.1) is 0 Å². The van der Waals surface area contributed by atoms with Gasteiger partial charge in [0.15, 0.2) is 5.78 Å². The van der Waals surface area contributed by atoms with Gasteiger partial charge in [0.25, 0.3) is 5.91 Å². The molecule has 166 valence electrons. The summed E-state index contributed by atoms with van der Waals surface area (Å²) in [5.41, 5.74) is 0.939. The van der Waals surface area contributed by atoms with Crippen molar-refractivity contribution in [2.75, 3.05) is 19.6 Å². The molecule has 0 saturated carbocycles. The molecule has 2 aliphatic heterocycles. The van der Waals surface area contributed by atoms with Gasteiger partial charge in [-0.05, 0) is 61.1 Å². The molecule has 1 atom stereocenters. The summed E-state index contributed by atoms with van der Waals surface area (Å²) in [6.45, 7) is 0.604. The number of rotatable bonds is 5. The number of imide groups is 1. The van der Waals surface area contributed by atoms with Crippen molar-refractivity contribution in [1.29, 1.82) is 0 Å². The van der Waals surface area contributed by atoms with Crippen molar-refractivity contribution in [1.82, 2.24) is 14.5 Å². The van der Waals surface area contributed by atoms with Crippen molar-refractivity contribution < 1.29 is 22.8 Å². The molecular weight excluding hydrogens is 430 g/mol. The van der Waals surface area contributed by atoms with E-state index in [0.717, 1.165) is 28.9 Å². The van der Waals surface area contributed by atoms with Gasteiger partial charge in [0.1, 0.15) is 5.54 Å². The number of nitrogens with one attached hydrogen (secondary N) is 1. The van der Waals surface area contributed by atoms with E-state index >= 15 is 0 Å². The molecule has 2 aromatic carbocycles. The summed E-state index contributed by atoms with van der Waals surface area (Å²) >= 11 is 0. The Balaban J connectivity index is 1.33. The highest BCUT2D eigenvalue weighted by atomic mass is 32.2. The van der Waals surface area contributed by atoms with Crippen molar-refractivity contribution in [3.8, 4) is 0 Å². The van der Waals surface area contributed by atoms with Crippen LogP contribution in [0.2, 0.25) is 0 Å². The van der Waals surface area contributed by atoms with E-state index in [0.29, 0.717) is 25.9 Å². The lowest BCUT2D eigenvalue weighted by molar-refractivity contribution is -0.131. The van der Waals surface area contributed by atoms with Crippen LogP contribution in [-0.2, 0) is 26.8 Å². The number of ketones is 1. The second-order valence-corrected chi connectivity index (χ2v) is 10.4. The molecule has 2 saturated heterocycles. The van der Waals surface area contributed by atoms with Gasteiger partial charge in [-0.15, -0.1) is 0 Å². The Morgan fingerprint density at radius 2 is 1.69 bits per heavy atom. The molecule has 1 N–H and O–H groups in total. The molecule has 2 heterocycles. The first-order valence-electron chi connectivity index (χ1n) is 10.7. The number of aryl methyl sites for hydroxylation is 1. The summed E-state index contributed by atoms with van der Waals surface area (Å²) in [6.07, 6.45) is 2.82. The van der Waals surface area contributed by atoms with Crippen molar-refractivity contribution in [3.63, 3.8) is 0 Å². The molecule has 0 bridgehead atoms. The van der Waals surface area contributed by atoms with Crippen LogP contribution in [0.4, 0.5) is 4.79 Å². The van der Waals surface area contributed by atoms with E-state index in [2.05, 4.69) is 5.32 Å². The number of fused-ring (bicyclic) bond motifs is 2. The van der Waals surface area contributed by atoms with E-state index in [1.165, 1.54) is 28.6 Å². The van der Waals surface area contributed by atoms with Gasteiger partial charge in [-0.2, -0.15) is 4.31 Å². The van der Waals surface area contributed by atoms with Crippen LogP contribution in [0.5, 0.6) is 0 Å². The van der Waals surface area contributed by atoms with E-state index < -0.39 is 39.8 Å². The van der Waals surface area contributed by atoms with E-state index in [1.54, 1.807) is 0 Å². The SMILES string of the molecule is O=C(CN1C(=O)N[C@]2(CCc3ccccc32)C1=O)c1ccc(S(=O)(=O)N2CCCC2)cc1. The Hall–Kier alpha value is -3.04. The van der Waals surface area contributed by atoms with Gasteiger partial charge in [-0.25, -0.2) is 13.2 Å². The number of hydrogen-bond donors (Lipinski definition) is 1. The lowest BCUT2D eigenvalue weighted by atomic mass is 9.92. The van der Waals surface area contributed by atoms with Crippen molar-refractivity contribution in [2.24, 2.45) is 0 Å². The van der Waals surface area contributed by atoms with Gasteiger partial charge in [-0.1, -0.05) is 24.3 Å². The van der Waals surface area contributed by atoms with Gasteiger partial charge in [0.05, 0.1) is 11.4 Å². The summed E-state index contributed by atoms with van der Waals surface area (Å²) in [5.74, 6) is -0.851. The zero-order valence-corrected chi connectivity index (χ0v) is 18.2. The van der Waals surface area contributed by atoms with E-state index in [4.69, 9.17) is 0 Å². The number of urea groups is 1. The molecular formula is C23H23N3O5S. The highest BCUT2D eigenvalue weighted by Crippen LogP contribution is 2.41. The molecule has 1 spiro atoms. The smallest absolute Gasteiger partial charge is 0.319 e. The van der Waals surface area contributed by atoms with Gasteiger partial charge in [0, 0.05) is 18.7 Å². The Morgan fingerprint density at radius 1 is 1.00 bits per heavy atom. The quantitative estimate of drug-likeness (QED) is 0.551. The third kappa shape index (κ3) is 3.15. The standard InChI is InChI=1S/C23H23N3O5S/c27-20(17-7-9-18(10-8-17)32(30,31)25-13-3-4-14-25)15-26-21(28)23(24-22(26)29)12-11-16-5-1-2-6-19(16)23/h1-2,5-10H,3-4,11-15H2,(H,24,29)/t23-/m0/s1.